The second-order valence-electron chi connectivity index (χ2n) is 4.73. The molecule has 2 unspecified atom stereocenters. The van der Waals surface area contributed by atoms with Crippen molar-refractivity contribution in [2.24, 2.45) is 5.92 Å². The summed E-state index contributed by atoms with van der Waals surface area (Å²) in [6.07, 6.45) is 4.34. The summed E-state index contributed by atoms with van der Waals surface area (Å²) >= 11 is 0. The van der Waals surface area contributed by atoms with Crippen LogP contribution in [0.4, 0.5) is 0 Å². The van der Waals surface area contributed by atoms with Gasteiger partial charge < -0.3 is 15.1 Å². The van der Waals surface area contributed by atoms with Gasteiger partial charge in [0.2, 0.25) is 0 Å². The zero-order valence-electron chi connectivity index (χ0n) is 11.2. The molecule has 0 aromatic carbocycles. The highest BCUT2D eigenvalue weighted by Gasteiger charge is 2.16. The predicted octanol–water partition coefficient (Wildman–Crippen LogP) is 1.88. The van der Waals surface area contributed by atoms with Crippen LogP contribution in [0.25, 0.3) is 0 Å². The van der Waals surface area contributed by atoms with Crippen LogP contribution >= 0.6 is 0 Å². The minimum Gasteiger partial charge on any atom is -0.396 e. The highest BCUT2D eigenvalue weighted by molar-refractivity contribution is 4.69. The third-order valence-corrected chi connectivity index (χ3v) is 3.05. The molecule has 0 spiro atoms. The summed E-state index contributed by atoms with van der Waals surface area (Å²) in [6, 6.07) is 0. The Hall–Kier alpha value is -0.120. The van der Waals surface area contributed by atoms with Gasteiger partial charge in [0.25, 0.3) is 0 Å². The van der Waals surface area contributed by atoms with Crippen LogP contribution in [0.2, 0.25) is 0 Å². The van der Waals surface area contributed by atoms with Gasteiger partial charge in [-0.2, -0.15) is 0 Å². The lowest BCUT2D eigenvalue weighted by atomic mass is 10.1. The summed E-state index contributed by atoms with van der Waals surface area (Å²) in [4.78, 5) is 2.32. The average Bonchev–Trinajstić information content (AvgIpc) is 2.31. The second-order valence-corrected chi connectivity index (χ2v) is 4.73. The summed E-state index contributed by atoms with van der Waals surface area (Å²) in [7, 11) is 0. The molecule has 0 aliphatic carbocycles. The van der Waals surface area contributed by atoms with Gasteiger partial charge in [0, 0.05) is 19.1 Å². The van der Waals surface area contributed by atoms with Gasteiger partial charge >= 0.3 is 0 Å². The first-order valence-electron chi connectivity index (χ1n) is 6.66. The first-order valence-corrected chi connectivity index (χ1v) is 6.66. The molecule has 3 heteroatoms. The van der Waals surface area contributed by atoms with Crippen LogP contribution in [0.1, 0.15) is 46.5 Å². The number of aliphatic hydroxyl groups excluding tert-OH is 2. The van der Waals surface area contributed by atoms with Crippen LogP contribution in [0.15, 0.2) is 0 Å². The summed E-state index contributed by atoms with van der Waals surface area (Å²) in [5.74, 6) is -0.0225. The van der Waals surface area contributed by atoms with Crippen LogP contribution in [0.5, 0.6) is 0 Å². The fourth-order valence-electron chi connectivity index (χ4n) is 1.62. The van der Waals surface area contributed by atoms with Crippen molar-refractivity contribution in [3.8, 4) is 0 Å². The molecule has 0 saturated heterocycles. The third kappa shape index (κ3) is 7.20. The molecule has 0 rings (SSSR count). The maximum atomic E-state index is 9.89. The highest BCUT2D eigenvalue weighted by atomic mass is 16.3. The van der Waals surface area contributed by atoms with E-state index in [-0.39, 0.29) is 12.5 Å². The molecule has 0 radical (unpaired) electrons. The summed E-state index contributed by atoms with van der Waals surface area (Å²) < 4.78 is 0. The van der Waals surface area contributed by atoms with Crippen molar-refractivity contribution in [1.82, 2.24) is 4.90 Å². The van der Waals surface area contributed by atoms with Crippen LogP contribution < -0.4 is 0 Å². The summed E-state index contributed by atoms with van der Waals surface area (Å²) in [5, 5.41) is 18.9. The van der Waals surface area contributed by atoms with Gasteiger partial charge in [-0.15, -0.1) is 0 Å². The van der Waals surface area contributed by atoms with E-state index in [9.17, 15) is 5.11 Å². The van der Waals surface area contributed by atoms with Crippen molar-refractivity contribution >= 4 is 0 Å². The number of hydrogen-bond donors (Lipinski definition) is 2. The van der Waals surface area contributed by atoms with E-state index in [4.69, 9.17) is 5.11 Å². The van der Waals surface area contributed by atoms with Gasteiger partial charge in [0.05, 0.1) is 6.10 Å². The van der Waals surface area contributed by atoms with E-state index in [0.717, 1.165) is 13.1 Å². The minimum atomic E-state index is -0.404. The molecule has 0 aromatic heterocycles. The number of hydrogen-bond acceptors (Lipinski definition) is 3. The van der Waals surface area contributed by atoms with Gasteiger partial charge in [-0.3, -0.25) is 0 Å². The van der Waals surface area contributed by atoms with Crippen molar-refractivity contribution in [2.75, 3.05) is 26.2 Å². The van der Waals surface area contributed by atoms with Gasteiger partial charge in [0.15, 0.2) is 0 Å². The van der Waals surface area contributed by atoms with Crippen molar-refractivity contribution in [3.05, 3.63) is 0 Å². The Morgan fingerprint density at radius 2 is 1.56 bits per heavy atom. The maximum absolute atomic E-state index is 9.89. The summed E-state index contributed by atoms with van der Waals surface area (Å²) in [6.45, 7) is 9.15. The number of unbranched alkanes of at least 4 members (excludes halogenated alkanes) is 2. The molecule has 0 aromatic rings. The quantitative estimate of drug-likeness (QED) is 0.603. The van der Waals surface area contributed by atoms with Crippen LogP contribution in [0.3, 0.4) is 0 Å². The standard InChI is InChI=1S/C13H29NO2/c1-4-6-8-14(9-7-5-2)10-13(16)12(3)11-15/h12-13,15-16H,4-11H2,1-3H3. The normalized spacial score (nSPS) is 15.4. The molecular weight excluding hydrogens is 202 g/mol. The first kappa shape index (κ1) is 15.9. The third-order valence-electron chi connectivity index (χ3n) is 3.05. The Morgan fingerprint density at radius 3 is 1.94 bits per heavy atom. The molecule has 98 valence electrons. The fraction of sp³-hybridized carbons (Fsp3) is 1.00. The molecule has 0 saturated carbocycles. The van der Waals surface area contributed by atoms with Gasteiger partial charge in [-0.1, -0.05) is 33.6 Å². The number of nitrogens with zero attached hydrogens (tertiary/aromatic N) is 1. The monoisotopic (exact) mass is 231 g/mol. The Labute approximate surface area is 100 Å². The van der Waals surface area contributed by atoms with E-state index < -0.39 is 6.10 Å². The fourth-order valence-corrected chi connectivity index (χ4v) is 1.62. The molecule has 2 N–H and O–H groups in total. The second kappa shape index (κ2) is 10.1. The number of aliphatic hydroxyl groups is 2. The molecule has 0 amide bonds. The van der Waals surface area contributed by atoms with E-state index >= 15 is 0 Å². The minimum absolute atomic E-state index is 0.0225. The zero-order valence-corrected chi connectivity index (χ0v) is 11.2. The molecule has 2 atom stereocenters. The smallest absolute Gasteiger partial charge is 0.0714 e. The zero-order chi connectivity index (χ0) is 12.4. The first-order chi connectivity index (χ1) is 7.65. The molecule has 16 heavy (non-hydrogen) atoms. The maximum Gasteiger partial charge on any atom is 0.0714 e. The van der Waals surface area contributed by atoms with Crippen molar-refractivity contribution in [1.29, 1.82) is 0 Å². The lowest BCUT2D eigenvalue weighted by Crippen LogP contribution is -2.38. The lowest BCUT2D eigenvalue weighted by molar-refractivity contribution is 0.0435. The number of rotatable bonds is 10. The van der Waals surface area contributed by atoms with E-state index in [1.54, 1.807) is 0 Å². The van der Waals surface area contributed by atoms with Crippen molar-refractivity contribution in [3.63, 3.8) is 0 Å². The molecule has 0 aliphatic rings. The predicted molar refractivity (Wildman–Crippen MR) is 68.5 cm³/mol. The van der Waals surface area contributed by atoms with E-state index in [0.29, 0.717) is 6.54 Å². The topological polar surface area (TPSA) is 43.7 Å². The van der Waals surface area contributed by atoms with E-state index in [1.165, 1.54) is 25.7 Å². The molecule has 0 heterocycles. The van der Waals surface area contributed by atoms with Gasteiger partial charge in [-0.05, 0) is 25.9 Å². The van der Waals surface area contributed by atoms with Crippen LogP contribution in [0, 0.1) is 5.92 Å². The van der Waals surface area contributed by atoms with E-state index in [2.05, 4.69) is 18.7 Å². The lowest BCUT2D eigenvalue weighted by Gasteiger charge is -2.27. The highest BCUT2D eigenvalue weighted by Crippen LogP contribution is 2.07. The molecule has 0 fully saturated rings. The Balaban J connectivity index is 3.96. The summed E-state index contributed by atoms with van der Waals surface area (Å²) in [5.41, 5.74) is 0. The van der Waals surface area contributed by atoms with Crippen LogP contribution in [-0.2, 0) is 0 Å². The van der Waals surface area contributed by atoms with Crippen molar-refractivity contribution < 1.29 is 10.2 Å². The van der Waals surface area contributed by atoms with Crippen LogP contribution in [-0.4, -0.2) is 47.5 Å². The molecule has 3 nitrogen and oxygen atoms in total. The Kier molecular flexibility index (Phi) is 9.99. The Morgan fingerprint density at radius 1 is 1.06 bits per heavy atom. The molecule has 0 aliphatic heterocycles. The SMILES string of the molecule is CCCCN(CCCC)CC(O)C(C)CO. The van der Waals surface area contributed by atoms with Crippen molar-refractivity contribution in [2.45, 2.75) is 52.6 Å². The van der Waals surface area contributed by atoms with E-state index in [1.807, 2.05) is 6.92 Å². The Bertz CT molecular complexity index is 145. The van der Waals surface area contributed by atoms with Gasteiger partial charge in [-0.25, -0.2) is 0 Å². The average molecular weight is 231 g/mol. The van der Waals surface area contributed by atoms with Gasteiger partial charge in [0.1, 0.15) is 0 Å². The largest absolute Gasteiger partial charge is 0.396 e. The molecular formula is C13H29NO2. The molecule has 0 bridgehead atoms.